The molecule has 0 saturated carbocycles. The van der Waals surface area contributed by atoms with Crippen molar-refractivity contribution in [3.63, 3.8) is 0 Å². The first-order valence-corrected chi connectivity index (χ1v) is 10.4. The molecule has 0 unspecified atom stereocenters. The summed E-state index contributed by atoms with van der Waals surface area (Å²) < 4.78 is 31.0. The molecule has 0 bridgehead atoms. The molecule has 0 atom stereocenters. The van der Waals surface area contributed by atoms with E-state index in [1.807, 2.05) is 17.7 Å². The van der Waals surface area contributed by atoms with Crippen LogP contribution in [0.2, 0.25) is 0 Å². The number of rotatable bonds is 2. The Labute approximate surface area is 158 Å². The summed E-state index contributed by atoms with van der Waals surface area (Å²) in [6.07, 6.45) is 2.98. The van der Waals surface area contributed by atoms with E-state index < -0.39 is 15.6 Å². The number of anilines is 1. The molecule has 2 aromatic heterocycles. The number of piperidine rings is 1. The lowest BCUT2D eigenvalue weighted by Crippen LogP contribution is -2.54. The number of aromatic nitrogens is 4. The number of carbonyl (C=O) groups excluding carboxylic acids is 1. The Kier molecular flexibility index (Phi) is 3.97. The summed E-state index contributed by atoms with van der Waals surface area (Å²) in [7, 11) is -0.108. The first-order valence-electron chi connectivity index (χ1n) is 8.98. The zero-order valence-electron chi connectivity index (χ0n) is 16.0. The lowest BCUT2D eigenvalue weighted by atomic mass is 9.83. The number of carbonyl (C=O) groups is 1. The monoisotopic (exact) mass is 392 g/mol. The van der Waals surface area contributed by atoms with E-state index in [2.05, 4.69) is 10.1 Å². The second-order valence-electron chi connectivity index (χ2n) is 7.55. The van der Waals surface area contributed by atoms with Crippen molar-refractivity contribution < 1.29 is 13.2 Å². The third-order valence-corrected chi connectivity index (χ3v) is 7.57. The van der Waals surface area contributed by atoms with E-state index in [1.165, 1.54) is 4.31 Å². The van der Waals surface area contributed by atoms with Crippen LogP contribution in [0.1, 0.15) is 30.8 Å². The van der Waals surface area contributed by atoms with Gasteiger partial charge in [0.05, 0.1) is 17.7 Å². The number of fused-ring (bicyclic) bond motifs is 2. The topological polar surface area (TPSA) is 93.3 Å². The molecule has 27 heavy (non-hydrogen) atoms. The number of imidazole rings is 1. The van der Waals surface area contributed by atoms with Gasteiger partial charge in [0.15, 0.2) is 5.03 Å². The molecule has 0 aromatic carbocycles. The highest BCUT2D eigenvalue weighted by Gasteiger charge is 2.47. The van der Waals surface area contributed by atoms with Crippen LogP contribution in [-0.4, -0.2) is 58.1 Å². The number of hydrogen-bond acceptors (Lipinski definition) is 5. The van der Waals surface area contributed by atoms with E-state index in [1.54, 1.807) is 36.7 Å². The molecule has 1 spiro atoms. The first-order chi connectivity index (χ1) is 12.6. The highest BCUT2D eigenvalue weighted by molar-refractivity contribution is 7.89. The van der Waals surface area contributed by atoms with E-state index in [-0.39, 0.29) is 10.9 Å². The van der Waals surface area contributed by atoms with Crippen molar-refractivity contribution in [3.05, 3.63) is 23.8 Å². The van der Waals surface area contributed by atoms with Gasteiger partial charge in [0.2, 0.25) is 5.91 Å². The van der Waals surface area contributed by atoms with E-state index in [0.29, 0.717) is 38.2 Å². The van der Waals surface area contributed by atoms with Crippen LogP contribution in [-0.2, 0) is 27.4 Å². The highest BCUT2D eigenvalue weighted by atomic mass is 32.2. The van der Waals surface area contributed by atoms with E-state index >= 15 is 0 Å². The molecular formula is C17H24N6O3S. The van der Waals surface area contributed by atoms with E-state index in [4.69, 9.17) is 0 Å². The minimum absolute atomic E-state index is 0.0408. The number of nitrogens with zero attached hydrogens (tertiary/aromatic N) is 6. The van der Waals surface area contributed by atoms with Gasteiger partial charge in [-0.15, -0.1) is 0 Å². The Morgan fingerprint density at radius 1 is 1.15 bits per heavy atom. The zero-order chi connectivity index (χ0) is 19.6. The van der Waals surface area contributed by atoms with Crippen molar-refractivity contribution in [2.75, 3.05) is 25.0 Å². The van der Waals surface area contributed by atoms with Crippen LogP contribution in [0.3, 0.4) is 0 Å². The third-order valence-electron chi connectivity index (χ3n) is 5.80. The van der Waals surface area contributed by atoms with Gasteiger partial charge in [-0.05, 0) is 26.7 Å². The van der Waals surface area contributed by atoms with Crippen molar-refractivity contribution in [1.29, 1.82) is 0 Å². The molecule has 146 valence electrons. The maximum absolute atomic E-state index is 12.9. The van der Waals surface area contributed by atoms with Crippen LogP contribution in [0, 0.1) is 13.8 Å². The molecule has 0 aliphatic carbocycles. The van der Waals surface area contributed by atoms with Gasteiger partial charge in [-0.25, -0.2) is 18.1 Å². The molecule has 2 aliphatic heterocycles. The van der Waals surface area contributed by atoms with Gasteiger partial charge < -0.3 is 9.47 Å². The van der Waals surface area contributed by atoms with Gasteiger partial charge >= 0.3 is 0 Å². The van der Waals surface area contributed by atoms with Gasteiger partial charge in [-0.3, -0.25) is 4.79 Å². The van der Waals surface area contributed by atoms with Crippen molar-refractivity contribution in [3.8, 4) is 0 Å². The molecule has 4 heterocycles. The second kappa shape index (κ2) is 5.90. The van der Waals surface area contributed by atoms with Gasteiger partial charge in [0.25, 0.3) is 10.0 Å². The summed E-state index contributed by atoms with van der Waals surface area (Å²) in [5.41, 5.74) is 0.393. The van der Waals surface area contributed by atoms with E-state index in [9.17, 15) is 13.2 Å². The quantitative estimate of drug-likeness (QED) is 0.753. The summed E-state index contributed by atoms with van der Waals surface area (Å²) in [6, 6.07) is 1.90. The van der Waals surface area contributed by atoms with E-state index in [0.717, 1.165) is 11.5 Å². The molecule has 4 rings (SSSR count). The summed E-state index contributed by atoms with van der Waals surface area (Å²) in [5, 5.41) is 4.69. The highest BCUT2D eigenvalue weighted by Crippen LogP contribution is 2.41. The minimum atomic E-state index is -3.64. The van der Waals surface area contributed by atoms with Gasteiger partial charge in [-0.1, -0.05) is 0 Å². The second-order valence-corrected chi connectivity index (χ2v) is 9.44. The maximum atomic E-state index is 12.9. The lowest BCUT2D eigenvalue weighted by molar-refractivity contribution is -0.122. The molecule has 2 aromatic rings. The van der Waals surface area contributed by atoms with Crippen LogP contribution in [0.15, 0.2) is 17.3 Å². The molecule has 2 aliphatic rings. The fourth-order valence-corrected chi connectivity index (χ4v) is 5.46. The van der Waals surface area contributed by atoms with Crippen molar-refractivity contribution in [2.24, 2.45) is 7.05 Å². The predicted octanol–water partition coefficient (Wildman–Crippen LogP) is 0.780. The van der Waals surface area contributed by atoms with Gasteiger partial charge in [0, 0.05) is 39.4 Å². The Bertz CT molecular complexity index is 994. The summed E-state index contributed by atoms with van der Waals surface area (Å²) in [6.45, 7) is 4.36. The summed E-state index contributed by atoms with van der Waals surface area (Å²) in [5.74, 6) is 1.47. The number of sulfonamides is 1. The third kappa shape index (κ3) is 2.69. The fourth-order valence-electron chi connectivity index (χ4n) is 3.99. The van der Waals surface area contributed by atoms with Crippen LogP contribution in [0.5, 0.6) is 0 Å². The molecule has 1 amide bonds. The predicted molar refractivity (Wildman–Crippen MR) is 98.9 cm³/mol. The Hall–Kier alpha value is -2.20. The maximum Gasteiger partial charge on any atom is 0.262 e. The molecule has 0 N–H and O–H groups in total. The Balaban J connectivity index is 1.62. The van der Waals surface area contributed by atoms with Gasteiger partial charge in [0.1, 0.15) is 11.6 Å². The summed E-state index contributed by atoms with van der Waals surface area (Å²) in [4.78, 5) is 18.3. The Morgan fingerprint density at radius 3 is 2.41 bits per heavy atom. The number of aryl methyl sites for hydroxylation is 3. The molecule has 9 nitrogen and oxygen atoms in total. The van der Waals surface area contributed by atoms with Crippen molar-refractivity contribution in [1.82, 2.24) is 23.6 Å². The van der Waals surface area contributed by atoms with Gasteiger partial charge in [-0.2, -0.15) is 9.40 Å². The molecule has 0 radical (unpaired) electrons. The van der Waals surface area contributed by atoms with Crippen molar-refractivity contribution >= 4 is 21.7 Å². The summed E-state index contributed by atoms with van der Waals surface area (Å²) >= 11 is 0. The van der Waals surface area contributed by atoms with Crippen LogP contribution in [0.25, 0.3) is 0 Å². The molecule has 1 fully saturated rings. The first kappa shape index (κ1) is 18.2. The average molecular weight is 392 g/mol. The molecule has 10 heteroatoms. The minimum Gasteiger partial charge on any atom is -0.337 e. The number of hydrogen-bond donors (Lipinski definition) is 0. The fraction of sp³-hybridized carbons (Fsp3) is 0.588. The lowest BCUT2D eigenvalue weighted by Gasteiger charge is -2.45. The van der Waals surface area contributed by atoms with Crippen LogP contribution < -0.4 is 4.90 Å². The largest absolute Gasteiger partial charge is 0.337 e. The van der Waals surface area contributed by atoms with Crippen LogP contribution >= 0.6 is 0 Å². The number of amides is 1. The SMILES string of the molecule is Cc1cc2n(n1)C1(CCN(S(=O)(=O)c3cn(C)c(C)n3)CC1)CC(=O)N2C. The average Bonchev–Trinajstić information content (AvgIpc) is 3.17. The zero-order valence-corrected chi connectivity index (χ0v) is 16.8. The van der Waals surface area contributed by atoms with Crippen molar-refractivity contribution in [2.45, 2.75) is 43.7 Å². The Morgan fingerprint density at radius 2 is 1.81 bits per heavy atom. The smallest absolute Gasteiger partial charge is 0.262 e. The molecular weight excluding hydrogens is 368 g/mol. The molecule has 1 saturated heterocycles. The van der Waals surface area contributed by atoms with Crippen LogP contribution in [0.4, 0.5) is 5.82 Å². The standard InChI is InChI=1S/C17H24N6O3S/c1-12-9-15-21(4)16(24)10-17(23(15)19-12)5-7-22(8-6-17)27(25,26)14-11-20(3)13(2)18-14/h9,11H,5-8,10H2,1-4H3. The normalized spacial score (nSPS) is 20.3.